The summed E-state index contributed by atoms with van der Waals surface area (Å²) in [5.41, 5.74) is 2.15. The molecule has 0 aromatic heterocycles. The quantitative estimate of drug-likeness (QED) is 0.608. The molecule has 0 N–H and O–H groups in total. The van der Waals surface area contributed by atoms with Gasteiger partial charge in [-0.25, -0.2) is 8.42 Å². The zero-order valence-electron chi connectivity index (χ0n) is 13.8. The van der Waals surface area contributed by atoms with Crippen molar-refractivity contribution in [2.75, 3.05) is 11.5 Å². The van der Waals surface area contributed by atoms with Crippen molar-refractivity contribution in [1.82, 2.24) is 4.41 Å². The predicted molar refractivity (Wildman–Crippen MR) is 90.8 cm³/mol. The largest absolute Gasteiger partial charge is 0.279 e. The molecule has 6 nitrogen and oxygen atoms in total. The number of sulfone groups is 1. The Morgan fingerprint density at radius 2 is 1.91 bits per heavy atom. The molecule has 1 aliphatic rings. The highest BCUT2D eigenvalue weighted by atomic mass is 32.2. The minimum Gasteiger partial charge on any atom is -0.229 e. The van der Waals surface area contributed by atoms with Crippen LogP contribution in [0, 0.1) is 13.8 Å². The van der Waals surface area contributed by atoms with E-state index in [0.29, 0.717) is 11.3 Å². The molecule has 0 saturated carbocycles. The average molecular weight is 358 g/mol. The van der Waals surface area contributed by atoms with Gasteiger partial charge in [-0.2, -0.15) is 17.9 Å². The molecular weight excluding hydrogens is 336 g/mol. The third-order valence-electron chi connectivity index (χ3n) is 3.67. The maximum atomic E-state index is 13.0. The minimum atomic E-state index is -3.90. The molecule has 1 fully saturated rings. The predicted octanol–water partition coefficient (Wildman–Crippen LogP) is 1.88. The van der Waals surface area contributed by atoms with Gasteiger partial charge in [-0.05, 0) is 45.7 Å². The van der Waals surface area contributed by atoms with Crippen LogP contribution in [-0.2, 0) is 19.9 Å². The van der Waals surface area contributed by atoms with Gasteiger partial charge < -0.3 is 0 Å². The van der Waals surface area contributed by atoms with E-state index >= 15 is 0 Å². The summed E-state index contributed by atoms with van der Waals surface area (Å²) in [5.74, 6) is -0.192. The van der Waals surface area contributed by atoms with Crippen LogP contribution < -0.4 is 0 Å². The molecule has 0 amide bonds. The Labute approximate surface area is 138 Å². The summed E-state index contributed by atoms with van der Waals surface area (Å²) in [6.45, 7) is 6.99. The first-order valence-corrected chi connectivity index (χ1v) is 10.6. The summed E-state index contributed by atoms with van der Waals surface area (Å²) in [5, 5.41) is 4.13. The van der Waals surface area contributed by atoms with Crippen molar-refractivity contribution in [2.24, 2.45) is 5.10 Å². The first-order chi connectivity index (χ1) is 10.5. The molecule has 23 heavy (non-hydrogen) atoms. The summed E-state index contributed by atoms with van der Waals surface area (Å²) in [6, 6.07) is 4.42. The third-order valence-corrected chi connectivity index (χ3v) is 7.31. The van der Waals surface area contributed by atoms with E-state index in [1.54, 1.807) is 39.0 Å². The first-order valence-electron chi connectivity index (χ1n) is 7.37. The van der Waals surface area contributed by atoms with Crippen LogP contribution in [0.2, 0.25) is 0 Å². The molecular formula is C15H22N2O4S2. The molecule has 0 unspecified atom stereocenters. The van der Waals surface area contributed by atoms with E-state index < -0.39 is 25.9 Å². The monoisotopic (exact) mass is 358 g/mol. The van der Waals surface area contributed by atoms with Gasteiger partial charge in [0.2, 0.25) is 0 Å². The average Bonchev–Trinajstić information content (AvgIpc) is 2.75. The molecule has 1 aromatic carbocycles. The zero-order valence-corrected chi connectivity index (χ0v) is 15.4. The van der Waals surface area contributed by atoms with E-state index in [0.717, 1.165) is 9.98 Å². The molecule has 8 heteroatoms. The van der Waals surface area contributed by atoms with E-state index in [9.17, 15) is 16.8 Å². The number of sulfonamides is 1. The fraction of sp³-hybridized carbons (Fsp3) is 0.533. The SMILES string of the molecule is CC(C)=NN([C@H]1CCS(=O)(=O)C1)S(=O)(=O)c1ccc(C)cc1C. The zero-order chi connectivity index (χ0) is 17.4. The van der Waals surface area contributed by atoms with E-state index in [1.165, 1.54) is 0 Å². The number of hydrogen-bond acceptors (Lipinski definition) is 5. The number of nitrogens with zero attached hydrogens (tertiary/aromatic N) is 2. The van der Waals surface area contributed by atoms with Gasteiger partial charge in [0.1, 0.15) is 0 Å². The van der Waals surface area contributed by atoms with Gasteiger partial charge in [-0.1, -0.05) is 17.7 Å². The lowest BCUT2D eigenvalue weighted by atomic mass is 10.2. The topological polar surface area (TPSA) is 83.9 Å². The highest BCUT2D eigenvalue weighted by molar-refractivity contribution is 7.92. The molecule has 1 saturated heterocycles. The van der Waals surface area contributed by atoms with Crippen LogP contribution in [-0.4, -0.2) is 44.5 Å². The van der Waals surface area contributed by atoms with Gasteiger partial charge in [0.25, 0.3) is 10.0 Å². The summed E-state index contributed by atoms with van der Waals surface area (Å²) in [4.78, 5) is 0.164. The molecule has 0 bridgehead atoms. The van der Waals surface area contributed by atoms with Gasteiger partial charge in [0.15, 0.2) is 9.84 Å². The van der Waals surface area contributed by atoms with Crippen molar-refractivity contribution >= 4 is 25.6 Å². The number of hydrogen-bond donors (Lipinski definition) is 0. The second-order valence-corrected chi connectivity index (χ2v) is 10.1. The van der Waals surface area contributed by atoms with E-state index in [-0.39, 0.29) is 22.8 Å². The summed E-state index contributed by atoms with van der Waals surface area (Å²) >= 11 is 0. The number of aryl methyl sites for hydroxylation is 2. The molecule has 1 heterocycles. The van der Waals surface area contributed by atoms with Crippen LogP contribution >= 0.6 is 0 Å². The Kier molecular flexibility index (Phi) is 4.86. The summed E-state index contributed by atoms with van der Waals surface area (Å²) in [6.07, 6.45) is 0.267. The summed E-state index contributed by atoms with van der Waals surface area (Å²) in [7, 11) is -7.11. The van der Waals surface area contributed by atoms with E-state index in [1.807, 2.05) is 6.92 Å². The maximum Gasteiger partial charge on any atom is 0.279 e. The third kappa shape index (κ3) is 3.92. The van der Waals surface area contributed by atoms with Crippen molar-refractivity contribution in [2.45, 2.75) is 45.1 Å². The van der Waals surface area contributed by atoms with Crippen LogP contribution in [0.5, 0.6) is 0 Å². The normalized spacial score (nSPS) is 20.3. The van der Waals surface area contributed by atoms with Crippen molar-refractivity contribution in [3.8, 4) is 0 Å². The Hall–Kier alpha value is -1.41. The van der Waals surface area contributed by atoms with Crippen molar-refractivity contribution in [3.63, 3.8) is 0 Å². The Morgan fingerprint density at radius 3 is 2.39 bits per heavy atom. The van der Waals surface area contributed by atoms with Crippen LogP contribution in [0.4, 0.5) is 0 Å². The van der Waals surface area contributed by atoms with E-state index in [2.05, 4.69) is 5.10 Å². The first kappa shape index (κ1) is 17.9. The van der Waals surface area contributed by atoms with Gasteiger partial charge in [0.05, 0.1) is 22.4 Å². The highest BCUT2D eigenvalue weighted by Crippen LogP contribution is 2.27. The molecule has 2 rings (SSSR count). The smallest absolute Gasteiger partial charge is 0.229 e. The standard InChI is InChI=1S/C15H22N2O4S2/c1-11(2)16-17(14-7-8-22(18,19)10-14)23(20,21)15-6-5-12(3)9-13(15)4/h5-6,9,14H,7-8,10H2,1-4H3/t14-/m0/s1. The lowest BCUT2D eigenvalue weighted by Crippen LogP contribution is -2.38. The number of hydrazone groups is 1. The molecule has 0 aliphatic carbocycles. The lowest BCUT2D eigenvalue weighted by molar-refractivity contribution is 0.354. The second kappa shape index (κ2) is 6.24. The van der Waals surface area contributed by atoms with Crippen molar-refractivity contribution in [3.05, 3.63) is 29.3 Å². The molecule has 0 spiro atoms. The number of rotatable bonds is 4. The molecule has 1 aliphatic heterocycles. The molecule has 1 atom stereocenters. The van der Waals surface area contributed by atoms with Gasteiger partial charge in [-0.15, -0.1) is 0 Å². The van der Waals surface area contributed by atoms with Gasteiger partial charge >= 0.3 is 0 Å². The molecule has 1 aromatic rings. The Bertz CT molecular complexity index is 838. The van der Waals surface area contributed by atoms with Gasteiger partial charge in [0, 0.05) is 5.71 Å². The number of benzene rings is 1. The lowest BCUT2D eigenvalue weighted by Gasteiger charge is -2.25. The van der Waals surface area contributed by atoms with Crippen molar-refractivity contribution < 1.29 is 16.8 Å². The van der Waals surface area contributed by atoms with Crippen LogP contribution in [0.3, 0.4) is 0 Å². The molecule has 128 valence electrons. The molecule has 0 radical (unpaired) electrons. The second-order valence-electron chi connectivity index (χ2n) is 6.15. The van der Waals surface area contributed by atoms with Crippen LogP contribution in [0.1, 0.15) is 31.4 Å². The van der Waals surface area contributed by atoms with Crippen LogP contribution in [0.25, 0.3) is 0 Å². The minimum absolute atomic E-state index is 0.00511. The van der Waals surface area contributed by atoms with Crippen molar-refractivity contribution in [1.29, 1.82) is 0 Å². The summed E-state index contributed by atoms with van der Waals surface area (Å²) < 4.78 is 50.5. The highest BCUT2D eigenvalue weighted by Gasteiger charge is 2.38. The Balaban J connectivity index is 2.52. The fourth-order valence-electron chi connectivity index (χ4n) is 2.67. The Morgan fingerprint density at radius 1 is 1.26 bits per heavy atom. The maximum absolute atomic E-state index is 13.0. The van der Waals surface area contributed by atoms with E-state index in [4.69, 9.17) is 0 Å². The van der Waals surface area contributed by atoms with Crippen LogP contribution in [0.15, 0.2) is 28.2 Å². The van der Waals surface area contributed by atoms with Gasteiger partial charge in [-0.3, -0.25) is 0 Å². The fourth-order valence-corrected chi connectivity index (χ4v) is 6.20.